The molecule has 150 valence electrons. The quantitative estimate of drug-likeness (QED) is 0.559. The van der Waals surface area contributed by atoms with Crippen molar-refractivity contribution < 1.29 is 19.1 Å². The van der Waals surface area contributed by atoms with Crippen molar-refractivity contribution in [1.29, 1.82) is 0 Å². The normalized spacial score (nSPS) is 15.1. The molecule has 1 aliphatic rings. The molecule has 0 unspecified atom stereocenters. The number of hydrogen-bond donors (Lipinski definition) is 1. The van der Waals surface area contributed by atoms with Gasteiger partial charge in [-0.25, -0.2) is 0 Å². The summed E-state index contributed by atoms with van der Waals surface area (Å²) in [5.74, 6) is -0.398. The number of benzene rings is 2. The van der Waals surface area contributed by atoms with Crippen LogP contribution in [0.1, 0.15) is 12.5 Å². The second-order valence-corrected chi connectivity index (χ2v) is 8.28. The number of imide groups is 1. The Morgan fingerprint density at radius 3 is 2.66 bits per heavy atom. The molecule has 0 aliphatic carbocycles. The van der Waals surface area contributed by atoms with Gasteiger partial charge in [-0.2, -0.15) is 0 Å². The molecule has 3 rings (SSSR count). The number of ether oxygens (including phenoxy) is 1. The summed E-state index contributed by atoms with van der Waals surface area (Å²) in [6.07, 6.45) is 1.59. The number of carbonyl (C=O) groups excluding carboxylic acids is 3. The summed E-state index contributed by atoms with van der Waals surface area (Å²) in [6.45, 7) is 1.95. The van der Waals surface area contributed by atoms with E-state index in [1.54, 1.807) is 42.5 Å². The Morgan fingerprint density at radius 1 is 1.24 bits per heavy atom. The lowest BCUT2D eigenvalue weighted by molar-refractivity contribution is -0.127. The number of hydrogen-bond acceptors (Lipinski definition) is 5. The van der Waals surface area contributed by atoms with Gasteiger partial charge in [0, 0.05) is 20.7 Å². The van der Waals surface area contributed by atoms with Crippen LogP contribution in [0.15, 0.2) is 51.8 Å². The third-order valence-electron chi connectivity index (χ3n) is 3.86. The van der Waals surface area contributed by atoms with Crippen LogP contribution in [0, 0.1) is 0 Å². The van der Waals surface area contributed by atoms with Crippen LogP contribution in [0.4, 0.5) is 10.5 Å². The minimum Gasteiger partial charge on any atom is -0.493 e. The topological polar surface area (TPSA) is 75.7 Å². The van der Waals surface area contributed by atoms with Gasteiger partial charge in [0.2, 0.25) is 5.91 Å². The SMILES string of the molecule is CCOc1ccc(Br)cc1/C=C1/SC(=O)N(CC(=O)Nc2ccc(Cl)cc2)C1=O. The first-order valence-corrected chi connectivity index (χ1v) is 10.6. The number of amides is 3. The van der Waals surface area contributed by atoms with Crippen LogP contribution in [0.5, 0.6) is 5.75 Å². The Kier molecular flexibility index (Phi) is 7.00. The third kappa shape index (κ3) is 5.41. The maximum Gasteiger partial charge on any atom is 0.294 e. The molecule has 0 bridgehead atoms. The lowest BCUT2D eigenvalue weighted by Gasteiger charge is -2.12. The molecule has 0 atom stereocenters. The van der Waals surface area contributed by atoms with Crippen LogP contribution in [-0.2, 0) is 9.59 Å². The van der Waals surface area contributed by atoms with E-state index in [4.69, 9.17) is 16.3 Å². The van der Waals surface area contributed by atoms with E-state index in [9.17, 15) is 14.4 Å². The van der Waals surface area contributed by atoms with Gasteiger partial charge in [-0.3, -0.25) is 19.3 Å². The van der Waals surface area contributed by atoms with Gasteiger partial charge in [0.1, 0.15) is 12.3 Å². The molecule has 0 radical (unpaired) electrons. The highest BCUT2D eigenvalue weighted by atomic mass is 79.9. The van der Waals surface area contributed by atoms with Gasteiger partial charge in [-0.05, 0) is 67.2 Å². The highest BCUT2D eigenvalue weighted by molar-refractivity contribution is 9.10. The van der Waals surface area contributed by atoms with Crippen molar-refractivity contribution in [3.63, 3.8) is 0 Å². The van der Waals surface area contributed by atoms with Crippen LogP contribution in [0.25, 0.3) is 6.08 Å². The molecule has 9 heteroatoms. The van der Waals surface area contributed by atoms with Gasteiger partial charge in [0.25, 0.3) is 11.1 Å². The number of thioether (sulfide) groups is 1. The fraction of sp³-hybridized carbons (Fsp3) is 0.150. The molecule has 1 N–H and O–H groups in total. The lowest BCUT2D eigenvalue weighted by Crippen LogP contribution is -2.36. The fourth-order valence-electron chi connectivity index (χ4n) is 2.57. The molecule has 29 heavy (non-hydrogen) atoms. The van der Waals surface area contributed by atoms with Crippen molar-refractivity contribution in [2.45, 2.75) is 6.92 Å². The first-order chi connectivity index (χ1) is 13.9. The molecular formula is C20H16BrClN2O4S. The van der Waals surface area contributed by atoms with Crippen molar-refractivity contribution in [3.05, 3.63) is 62.4 Å². The molecule has 3 amide bonds. The second kappa shape index (κ2) is 9.47. The molecule has 0 saturated carbocycles. The van der Waals surface area contributed by atoms with Crippen LogP contribution in [-0.4, -0.2) is 35.1 Å². The van der Waals surface area contributed by atoms with E-state index < -0.39 is 17.1 Å². The van der Waals surface area contributed by atoms with Gasteiger partial charge in [-0.15, -0.1) is 0 Å². The minimum absolute atomic E-state index is 0.230. The fourth-order valence-corrected chi connectivity index (χ4v) is 3.91. The number of nitrogens with one attached hydrogen (secondary N) is 1. The summed E-state index contributed by atoms with van der Waals surface area (Å²) < 4.78 is 6.39. The predicted octanol–water partition coefficient (Wildman–Crippen LogP) is 5.18. The zero-order valence-electron chi connectivity index (χ0n) is 15.3. The number of nitrogens with zero attached hydrogens (tertiary/aromatic N) is 1. The predicted molar refractivity (Wildman–Crippen MR) is 118 cm³/mol. The van der Waals surface area contributed by atoms with Crippen LogP contribution < -0.4 is 10.1 Å². The van der Waals surface area contributed by atoms with Gasteiger partial charge in [-0.1, -0.05) is 27.5 Å². The van der Waals surface area contributed by atoms with Crippen LogP contribution in [0.2, 0.25) is 5.02 Å². The van der Waals surface area contributed by atoms with Gasteiger partial charge >= 0.3 is 0 Å². The third-order valence-corrected chi connectivity index (χ3v) is 5.51. The molecular weight excluding hydrogens is 480 g/mol. The smallest absolute Gasteiger partial charge is 0.294 e. The molecule has 1 fully saturated rings. The molecule has 0 spiro atoms. The number of carbonyl (C=O) groups is 3. The van der Waals surface area contributed by atoms with Gasteiger partial charge in [0.15, 0.2) is 0 Å². The molecule has 1 aliphatic heterocycles. The van der Waals surface area contributed by atoms with Crippen LogP contribution in [0.3, 0.4) is 0 Å². The zero-order valence-corrected chi connectivity index (χ0v) is 18.4. The summed E-state index contributed by atoms with van der Waals surface area (Å²) in [4.78, 5) is 38.4. The highest BCUT2D eigenvalue weighted by Crippen LogP contribution is 2.34. The first-order valence-electron chi connectivity index (χ1n) is 8.60. The zero-order chi connectivity index (χ0) is 21.0. The highest BCUT2D eigenvalue weighted by Gasteiger charge is 2.36. The van der Waals surface area contributed by atoms with E-state index >= 15 is 0 Å². The summed E-state index contributed by atoms with van der Waals surface area (Å²) in [5, 5.41) is 2.68. The number of anilines is 1. The van der Waals surface area contributed by atoms with E-state index in [2.05, 4.69) is 21.2 Å². The average Bonchev–Trinajstić information content (AvgIpc) is 2.93. The van der Waals surface area contributed by atoms with Crippen molar-refractivity contribution in [2.24, 2.45) is 0 Å². The molecule has 2 aromatic rings. The van der Waals surface area contributed by atoms with Crippen LogP contribution >= 0.6 is 39.3 Å². The summed E-state index contributed by atoms with van der Waals surface area (Å²) in [6, 6.07) is 11.9. The molecule has 6 nitrogen and oxygen atoms in total. The van der Waals surface area contributed by atoms with E-state index in [1.165, 1.54) is 0 Å². The maximum atomic E-state index is 12.7. The molecule has 1 heterocycles. The minimum atomic E-state index is -0.520. The van der Waals surface area contributed by atoms with E-state index in [0.29, 0.717) is 28.6 Å². The van der Waals surface area contributed by atoms with E-state index in [-0.39, 0.29) is 11.4 Å². The Bertz CT molecular complexity index is 994. The monoisotopic (exact) mass is 494 g/mol. The largest absolute Gasteiger partial charge is 0.493 e. The second-order valence-electron chi connectivity index (χ2n) is 5.94. The van der Waals surface area contributed by atoms with Gasteiger partial charge in [0.05, 0.1) is 11.5 Å². The standard InChI is InChI=1S/C20H16BrClN2O4S/c1-2-28-16-8-3-13(21)9-12(16)10-17-19(26)24(20(27)29-17)11-18(25)23-15-6-4-14(22)5-7-15/h3-10H,2,11H2,1H3,(H,23,25)/b17-10+. The summed E-state index contributed by atoms with van der Waals surface area (Å²) >= 11 is 9.99. The van der Waals surface area contributed by atoms with E-state index in [0.717, 1.165) is 21.1 Å². The van der Waals surface area contributed by atoms with Crippen molar-refractivity contribution in [3.8, 4) is 5.75 Å². The molecule has 2 aromatic carbocycles. The van der Waals surface area contributed by atoms with Crippen molar-refractivity contribution in [2.75, 3.05) is 18.5 Å². The first kappa shape index (κ1) is 21.4. The number of halogens is 2. The Balaban J connectivity index is 1.74. The Labute approximate surface area is 185 Å². The van der Waals surface area contributed by atoms with Gasteiger partial charge < -0.3 is 10.1 Å². The Morgan fingerprint density at radius 2 is 1.97 bits per heavy atom. The van der Waals surface area contributed by atoms with Crippen molar-refractivity contribution in [1.82, 2.24) is 4.90 Å². The van der Waals surface area contributed by atoms with E-state index in [1.807, 2.05) is 13.0 Å². The summed E-state index contributed by atoms with van der Waals surface area (Å²) in [7, 11) is 0. The van der Waals surface area contributed by atoms with Crippen molar-refractivity contribution >= 4 is 68.1 Å². The summed E-state index contributed by atoms with van der Waals surface area (Å²) in [5.41, 5.74) is 1.19. The number of rotatable bonds is 6. The molecule has 0 aromatic heterocycles. The Hall–Kier alpha value is -2.29. The lowest BCUT2D eigenvalue weighted by atomic mass is 10.2. The molecule has 1 saturated heterocycles. The average molecular weight is 496 g/mol. The maximum absolute atomic E-state index is 12.7.